The van der Waals surface area contributed by atoms with Crippen molar-refractivity contribution in [2.24, 2.45) is 23.7 Å². The number of hydrogen-bond acceptors (Lipinski definition) is 12. The van der Waals surface area contributed by atoms with Crippen LogP contribution in [0, 0.1) is 23.7 Å². The minimum absolute atomic E-state index is 0.0698. The normalized spacial score (nSPS) is 48.2. The first-order valence-corrected chi connectivity index (χ1v) is 18.3. The van der Waals surface area contributed by atoms with Crippen molar-refractivity contribution < 1.29 is 53.3 Å². The summed E-state index contributed by atoms with van der Waals surface area (Å²) >= 11 is 0. The first-order valence-electron chi connectivity index (χ1n) is 18.3. The lowest BCUT2D eigenvalue weighted by Gasteiger charge is -2.48. The molecule has 0 amide bonds. The Morgan fingerprint density at radius 2 is 1.45 bits per heavy atom. The van der Waals surface area contributed by atoms with Gasteiger partial charge in [0.25, 0.3) is 0 Å². The Balaban J connectivity index is 2.13. The summed E-state index contributed by atoms with van der Waals surface area (Å²) in [4.78, 5) is 29.9. The van der Waals surface area contributed by atoms with Crippen LogP contribution in [0.15, 0.2) is 0 Å². The Morgan fingerprint density at radius 1 is 0.857 bits per heavy atom. The first kappa shape index (κ1) is 42.2. The van der Waals surface area contributed by atoms with Gasteiger partial charge in [0.1, 0.15) is 18.0 Å². The van der Waals surface area contributed by atoms with Crippen molar-refractivity contribution in [3.63, 3.8) is 0 Å². The van der Waals surface area contributed by atoms with Crippen molar-refractivity contribution in [3.05, 3.63) is 0 Å². The molecule has 3 N–H and O–H groups in total. The number of methoxy groups -OCH3 is 1. The number of rotatable bonds is 7. The minimum atomic E-state index is -1.58. The summed E-state index contributed by atoms with van der Waals surface area (Å²) in [6, 6.07) is 0.184. The Morgan fingerprint density at radius 3 is 2.00 bits per heavy atom. The van der Waals surface area contributed by atoms with Crippen LogP contribution in [0.5, 0.6) is 0 Å². The summed E-state index contributed by atoms with van der Waals surface area (Å²) in [6.45, 7) is 17.7. The summed E-state index contributed by atoms with van der Waals surface area (Å²) < 4.78 is 37.6. The zero-order chi connectivity index (χ0) is 37.2. The van der Waals surface area contributed by atoms with Gasteiger partial charge in [-0.15, -0.1) is 0 Å². The van der Waals surface area contributed by atoms with Crippen LogP contribution in [0.4, 0.5) is 0 Å². The highest BCUT2D eigenvalue weighted by atomic mass is 16.7. The van der Waals surface area contributed by atoms with Gasteiger partial charge in [-0.05, 0) is 81.3 Å². The molecular formula is C37H67NO11. The molecule has 3 aliphatic rings. The van der Waals surface area contributed by atoms with Gasteiger partial charge in [0, 0.05) is 43.7 Å². The zero-order valence-electron chi connectivity index (χ0n) is 32.3. The number of aliphatic hydroxyl groups is 3. The summed E-state index contributed by atoms with van der Waals surface area (Å²) in [6.07, 6.45) is -3.91. The van der Waals surface area contributed by atoms with E-state index in [2.05, 4.69) is 4.90 Å². The van der Waals surface area contributed by atoms with Gasteiger partial charge in [-0.3, -0.25) is 9.59 Å². The lowest BCUT2D eigenvalue weighted by Crippen LogP contribution is -2.59. The second kappa shape index (κ2) is 16.6. The third-order valence-corrected chi connectivity index (χ3v) is 11.5. The largest absolute Gasteiger partial charge is 0.459 e. The van der Waals surface area contributed by atoms with Gasteiger partial charge >= 0.3 is 5.97 Å². The van der Waals surface area contributed by atoms with Gasteiger partial charge in [-0.1, -0.05) is 27.7 Å². The van der Waals surface area contributed by atoms with Gasteiger partial charge in [0.05, 0.1) is 47.1 Å². The average molecular weight is 702 g/mol. The molecule has 16 atom stereocenters. The molecule has 0 bridgehead atoms. The molecule has 49 heavy (non-hydrogen) atoms. The number of esters is 1. The smallest absolute Gasteiger partial charge is 0.311 e. The van der Waals surface area contributed by atoms with E-state index in [1.54, 1.807) is 48.5 Å². The quantitative estimate of drug-likeness (QED) is 0.331. The summed E-state index contributed by atoms with van der Waals surface area (Å²) in [5.41, 5.74) is -4.03. The minimum Gasteiger partial charge on any atom is -0.459 e. The second-order valence-corrected chi connectivity index (χ2v) is 16.4. The molecule has 12 nitrogen and oxygen atoms in total. The average Bonchev–Trinajstić information content (AvgIpc) is 3.01. The number of carbonyl (C=O) groups excluding carboxylic acids is 2. The summed E-state index contributed by atoms with van der Waals surface area (Å²) in [5.74, 6) is -3.40. The highest BCUT2D eigenvalue weighted by Gasteiger charge is 2.51. The van der Waals surface area contributed by atoms with E-state index < -0.39 is 89.5 Å². The van der Waals surface area contributed by atoms with Crippen molar-refractivity contribution in [2.75, 3.05) is 21.2 Å². The topological polar surface area (TPSA) is 153 Å². The molecule has 3 aliphatic heterocycles. The Hall–Kier alpha value is -1.22. The number of aliphatic hydroxyl groups excluding tert-OH is 1. The molecule has 1 unspecified atom stereocenters. The van der Waals surface area contributed by atoms with Gasteiger partial charge in [0.2, 0.25) is 0 Å². The van der Waals surface area contributed by atoms with E-state index in [1.807, 2.05) is 34.9 Å². The number of ether oxygens (including phenoxy) is 6. The number of cyclic esters (lactones) is 1. The van der Waals surface area contributed by atoms with E-state index in [-0.39, 0.29) is 37.2 Å². The standard InChI is InChI=1S/C37H67NO11/c1-14-27-35(8,42)17-20(2)30(39)21(3)18-36(9,43)33(49-28-16-26(38(11)12)15-22(4)45-28)23(5)31(24(6)34(41)47-27)48-29-19-37(10,44-13)32(40)25(7)46-29/h20-29,31-33,40,42-43H,14-19H2,1-13H3/t20-,21-,22-,23+,24-,25+,26+,27-,28+,29?,31+,32+,33-,35+,36-,37-/m1/s1. The molecule has 3 rings (SSSR count). The molecular weight excluding hydrogens is 634 g/mol. The number of ketones is 1. The molecule has 3 heterocycles. The van der Waals surface area contributed by atoms with Crippen LogP contribution in [0.2, 0.25) is 0 Å². The summed E-state index contributed by atoms with van der Waals surface area (Å²) in [7, 11) is 5.56. The molecule has 12 heteroatoms. The maximum absolute atomic E-state index is 14.0. The number of carbonyl (C=O) groups is 2. The highest BCUT2D eigenvalue weighted by Crippen LogP contribution is 2.40. The second-order valence-electron chi connectivity index (χ2n) is 16.4. The van der Waals surface area contributed by atoms with E-state index in [1.165, 1.54) is 7.11 Å². The van der Waals surface area contributed by atoms with Crippen molar-refractivity contribution in [1.82, 2.24) is 4.90 Å². The van der Waals surface area contributed by atoms with E-state index in [0.29, 0.717) is 12.8 Å². The van der Waals surface area contributed by atoms with Gasteiger partial charge in [-0.2, -0.15) is 0 Å². The fraction of sp³-hybridized carbons (Fsp3) is 0.946. The van der Waals surface area contributed by atoms with Crippen molar-refractivity contribution >= 4 is 11.8 Å². The molecule has 0 saturated carbocycles. The molecule has 3 saturated heterocycles. The van der Waals surface area contributed by atoms with Crippen LogP contribution >= 0.6 is 0 Å². The number of hydrogen-bond donors (Lipinski definition) is 3. The number of nitrogens with zero attached hydrogens (tertiary/aromatic N) is 1. The van der Waals surface area contributed by atoms with E-state index in [4.69, 9.17) is 28.4 Å². The lowest BCUT2D eigenvalue weighted by atomic mass is 9.74. The van der Waals surface area contributed by atoms with Gasteiger partial charge in [-0.25, -0.2) is 0 Å². The number of Topliss-reactive ketones (excluding diaryl/α,β-unsaturated/α-hetero) is 1. The molecule has 3 fully saturated rings. The van der Waals surface area contributed by atoms with Crippen LogP contribution < -0.4 is 0 Å². The van der Waals surface area contributed by atoms with Crippen molar-refractivity contribution in [2.45, 2.75) is 180 Å². The van der Waals surface area contributed by atoms with Gasteiger partial charge in [0.15, 0.2) is 12.6 Å². The van der Waals surface area contributed by atoms with Crippen LogP contribution in [0.25, 0.3) is 0 Å². The third-order valence-electron chi connectivity index (χ3n) is 11.5. The molecule has 0 spiro atoms. The van der Waals surface area contributed by atoms with E-state index in [9.17, 15) is 24.9 Å². The highest BCUT2D eigenvalue weighted by molar-refractivity contribution is 5.83. The summed E-state index contributed by atoms with van der Waals surface area (Å²) in [5, 5.41) is 34.8. The van der Waals surface area contributed by atoms with Crippen molar-refractivity contribution in [3.8, 4) is 0 Å². The molecule has 0 radical (unpaired) electrons. The monoisotopic (exact) mass is 701 g/mol. The first-order chi connectivity index (χ1) is 22.6. The van der Waals surface area contributed by atoms with Gasteiger partial charge < -0.3 is 48.6 Å². The van der Waals surface area contributed by atoms with Crippen LogP contribution in [0.3, 0.4) is 0 Å². The Kier molecular flexibility index (Phi) is 14.3. The van der Waals surface area contributed by atoms with Crippen LogP contribution in [-0.2, 0) is 38.0 Å². The molecule has 0 aromatic carbocycles. The van der Waals surface area contributed by atoms with E-state index in [0.717, 1.165) is 6.42 Å². The Bertz CT molecular complexity index is 1100. The fourth-order valence-electron chi connectivity index (χ4n) is 8.43. The van der Waals surface area contributed by atoms with Crippen molar-refractivity contribution in [1.29, 1.82) is 0 Å². The lowest BCUT2D eigenvalue weighted by molar-refractivity contribution is -0.308. The molecule has 0 aliphatic carbocycles. The molecule has 286 valence electrons. The third kappa shape index (κ3) is 10.0. The Labute approximate surface area is 294 Å². The van der Waals surface area contributed by atoms with Crippen LogP contribution in [-0.4, -0.2) is 125 Å². The molecule has 0 aromatic heterocycles. The maximum Gasteiger partial charge on any atom is 0.311 e. The zero-order valence-corrected chi connectivity index (χ0v) is 32.3. The predicted octanol–water partition coefficient (Wildman–Crippen LogP) is 3.84. The fourth-order valence-corrected chi connectivity index (χ4v) is 8.43. The molecule has 0 aromatic rings. The van der Waals surface area contributed by atoms with Crippen LogP contribution in [0.1, 0.15) is 108 Å². The maximum atomic E-state index is 14.0. The SMILES string of the molecule is CC[C@H]1OC(=O)[C@H](C)[C@@H](OC2C[C@@](C)(OC)[C@@H](O)[C@H](C)O2)[C@H](C)[C@@H](O[C@H]2C[C@@H](N(C)C)C[C@@H](C)O2)[C@](C)(O)C[C@@H](C)C(=O)[C@H](C)C[C@]1(C)O. The predicted molar refractivity (Wildman–Crippen MR) is 183 cm³/mol. The van der Waals surface area contributed by atoms with E-state index >= 15 is 0 Å².